The number of nitrogens with zero attached hydrogens (tertiary/aromatic N) is 1. The van der Waals surface area contributed by atoms with E-state index in [1.54, 1.807) is 11.0 Å². The van der Waals surface area contributed by atoms with E-state index in [0.29, 0.717) is 17.8 Å². The normalized spacial score (nSPS) is 10.0. The Morgan fingerprint density at radius 1 is 1.47 bits per heavy atom. The molecular formula is C11H14FN3OS. The highest BCUT2D eigenvalue weighted by Crippen LogP contribution is 2.20. The second-order valence-corrected chi connectivity index (χ2v) is 3.95. The fraction of sp³-hybridized carbons (Fsp3) is 0.273. The summed E-state index contributed by atoms with van der Waals surface area (Å²) in [5.41, 5.74) is 11.3. The number of thiocarbonyl (C=S) groups is 1. The van der Waals surface area contributed by atoms with E-state index in [0.717, 1.165) is 0 Å². The standard InChI is InChI=1S/C11H14FN3OS/c1-2-15(6-10(13)16)9-4-3-7(11(14)17)5-8(9)12/h3-5H,2,6H2,1H3,(H2,13,16)(H2,14,17). The monoisotopic (exact) mass is 255 g/mol. The van der Waals surface area contributed by atoms with Crippen LogP contribution in [0.25, 0.3) is 0 Å². The third-order valence-electron chi connectivity index (χ3n) is 2.30. The molecule has 0 aromatic heterocycles. The molecule has 0 aliphatic rings. The second kappa shape index (κ2) is 5.58. The van der Waals surface area contributed by atoms with E-state index >= 15 is 0 Å². The molecule has 0 spiro atoms. The van der Waals surface area contributed by atoms with Gasteiger partial charge >= 0.3 is 0 Å². The zero-order chi connectivity index (χ0) is 13.0. The summed E-state index contributed by atoms with van der Waals surface area (Å²) in [6, 6.07) is 4.40. The van der Waals surface area contributed by atoms with Gasteiger partial charge in [-0.3, -0.25) is 4.79 Å². The molecule has 92 valence electrons. The van der Waals surface area contributed by atoms with Gasteiger partial charge in [-0.2, -0.15) is 0 Å². The van der Waals surface area contributed by atoms with Crippen LogP contribution in [0.1, 0.15) is 12.5 Å². The Morgan fingerprint density at radius 2 is 2.12 bits per heavy atom. The summed E-state index contributed by atoms with van der Waals surface area (Å²) in [4.78, 5) is 12.5. The van der Waals surface area contributed by atoms with Crippen LogP contribution < -0.4 is 16.4 Å². The van der Waals surface area contributed by atoms with Gasteiger partial charge in [-0.25, -0.2) is 4.39 Å². The molecule has 6 heteroatoms. The van der Waals surface area contributed by atoms with Crippen molar-refractivity contribution in [2.24, 2.45) is 11.5 Å². The van der Waals surface area contributed by atoms with E-state index < -0.39 is 11.7 Å². The molecule has 0 fully saturated rings. The SMILES string of the molecule is CCN(CC(N)=O)c1ccc(C(N)=S)cc1F. The summed E-state index contributed by atoms with van der Waals surface area (Å²) in [6.07, 6.45) is 0. The largest absolute Gasteiger partial charge is 0.389 e. The van der Waals surface area contributed by atoms with Gasteiger partial charge in [0.05, 0.1) is 12.2 Å². The van der Waals surface area contributed by atoms with Gasteiger partial charge in [-0.05, 0) is 25.1 Å². The van der Waals surface area contributed by atoms with Gasteiger partial charge < -0.3 is 16.4 Å². The highest BCUT2D eigenvalue weighted by atomic mass is 32.1. The van der Waals surface area contributed by atoms with E-state index in [9.17, 15) is 9.18 Å². The average Bonchev–Trinajstić information content (AvgIpc) is 2.25. The van der Waals surface area contributed by atoms with Crippen LogP contribution in [0.15, 0.2) is 18.2 Å². The lowest BCUT2D eigenvalue weighted by Crippen LogP contribution is -2.34. The first-order chi connectivity index (χ1) is 7.95. The molecule has 1 aromatic carbocycles. The first kappa shape index (κ1) is 13.4. The molecule has 1 amide bonds. The van der Waals surface area contributed by atoms with Crippen molar-refractivity contribution in [3.8, 4) is 0 Å². The first-order valence-electron chi connectivity index (χ1n) is 5.08. The van der Waals surface area contributed by atoms with Crippen molar-refractivity contribution in [2.75, 3.05) is 18.0 Å². The number of carbonyl (C=O) groups is 1. The smallest absolute Gasteiger partial charge is 0.236 e. The van der Waals surface area contributed by atoms with E-state index in [4.69, 9.17) is 23.7 Å². The van der Waals surface area contributed by atoms with Crippen LogP contribution in [-0.2, 0) is 4.79 Å². The van der Waals surface area contributed by atoms with Gasteiger partial charge in [0.1, 0.15) is 10.8 Å². The maximum atomic E-state index is 13.8. The lowest BCUT2D eigenvalue weighted by molar-refractivity contribution is -0.116. The molecule has 0 atom stereocenters. The zero-order valence-electron chi connectivity index (χ0n) is 9.44. The van der Waals surface area contributed by atoms with Gasteiger partial charge in [0, 0.05) is 12.1 Å². The molecule has 0 bridgehead atoms. The number of nitrogens with two attached hydrogens (primary N) is 2. The van der Waals surface area contributed by atoms with Gasteiger partial charge in [0.15, 0.2) is 0 Å². The number of anilines is 1. The van der Waals surface area contributed by atoms with Crippen LogP contribution in [0, 0.1) is 5.82 Å². The third-order valence-corrected chi connectivity index (χ3v) is 2.54. The number of amides is 1. The van der Waals surface area contributed by atoms with Gasteiger partial charge in [-0.1, -0.05) is 12.2 Å². The highest BCUT2D eigenvalue weighted by Gasteiger charge is 2.13. The molecule has 1 aromatic rings. The molecule has 0 aliphatic carbocycles. The molecule has 4 N–H and O–H groups in total. The summed E-state index contributed by atoms with van der Waals surface area (Å²) < 4.78 is 13.8. The summed E-state index contributed by atoms with van der Waals surface area (Å²) in [7, 11) is 0. The molecule has 0 saturated carbocycles. The molecule has 17 heavy (non-hydrogen) atoms. The maximum absolute atomic E-state index is 13.8. The topological polar surface area (TPSA) is 72.3 Å². The van der Waals surface area contributed by atoms with Crippen molar-refractivity contribution in [1.29, 1.82) is 0 Å². The van der Waals surface area contributed by atoms with Crippen LogP contribution >= 0.6 is 12.2 Å². The van der Waals surface area contributed by atoms with E-state index in [-0.39, 0.29) is 11.5 Å². The molecule has 1 rings (SSSR count). The van der Waals surface area contributed by atoms with Crippen LogP contribution in [0.5, 0.6) is 0 Å². The van der Waals surface area contributed by atoms with Crippen LogP contribution in [-0.4, -0.2) is 24.0 Å². The fourth-order valence-electron chi connectivity index (χ4n) is 1.47. The molecule has 0 radical (unpaired) electrons. The van der Waals surface area contributed by atoms with E-state index in [2.05, 4.69) is 0 Å². The molecule has 0 aliphatic heterocycles. The molecule has 0 heterocycles. The minimum absolute atomic E-state index is 0.0279. The Hall–Kier alpha value is -1.69. The van der Waals surface area contributed by atoms with Crippen molar-refractivity contribution in [1.82, 2.24) is 0 Å². The number of halogens is 1. The number of primary amides is 1. The predicted molar refractivity (Wildman–Crippen MR) is 69.4 cm³/mol. The van der Waals surface area contributed by atoms with Crippen LogP contribution in [0.2, 0.25) is 0 Å². The highest BCUT2D eigenvalue weighted by molar-refractivity contribution is 7.80. The average molecular weight is 255 g/mol. The summed E-state index contributed by atoms with van der Waals surface area (Å²) in [5, 5.41) is 0. The fourth-order valence-corrected chi connectivity index (χ4v) is 1.60. The first-order valence-corrected chi connectivity index (χ1v) is 5.49. The Balaban J connectivity index is 3.04. The van der Waals surface area contributed by atoms with Crippen LogP contribution in [0.4, 0.5) is 10.1 Å². The molecule has 0 unspecified atom stereocenters. The van der Waals surface area contributed by atoms with Gasteiger partial charge in [-0.15, -0.1) is 0 Å². The quantitative estimate of drug-likeness (QED) is 0.762. The number of benzene rings is 1. The lowest BCUT2D eigenvalue weighted by Gasteiger charge is -2.22. The second-order valence-electron chi connectivity index (χ2n) is 3.51. The number of rotatable bonds is 5. The molecule has 0 saturated heterocycles. The number of hydrogen-bond donors (Lipinski definition) is 2. The molecular weight excluding hydrogens is 241 g/mol. The number of carbonyl (C=O) groups excluding carboxylic acids is 1. The van der Waals surface area contributed by atoms with Crippen molar-refractivity contribution in [3.05, 3.63) is 29.6 Å². The van der Waals surface area contributed by atoms with Crippen molar-refractivity contribution in [2.45, 2.75) is 6.92 Å². The van der Waals surface area contributed by atoms with Crippen molar-refractivity contribution < 1.29 is 9.18 Å². The number of likely N-dealkylation sites (N-methyl/N-ethyl adjacent to an activating group) is 1. The van der Waals surface area contributed by atoms with Gasteiger partial charge in [0.2, 0.25) is 5.91 Å². The van der Waals surface area contributed by atoms with E-state index in [1.807, 2.05) is 6.92 Å². The van der Waals surface area contributed by atoms with Crippen molar-refractivity contribution >= 4 is 28.8 Å². The number of hydrogen-bond acceptors (Lipinski definition) is 3. The Bertz CT molecular complexity index is 450. The summed E-state index contributed by atoms with van der Waals surface area (Å²) in [5.74, 6) is -0.983. The summed E-state index contributed by atoms with van der Waals surface area (Å²) >= 11 is 4.75. The van der Waals surface area contributed by atoms with Crippen molar-refractivity contribution in [3.63, 3.8) is 0 Å². The van der Waals surface area contributed by atoms with E-state index in [1.165, 1.54) is 12.1 Å². The summed E-state index contributed by atoms with van der Waals surface area (Å²) in [6.45, 7) is 2.26. The zero-order valence-corrected chi connectivity index (χ0v) is 10.3. The predicted octanol–water partition coefficient (Wildman–Crippen LogP) is 0.772. The lowest BCUT2D eigenvalue weighted by atomic mass is 10.2. The van der Waals surface area contributed by atoms with Crippen LogP contribution in [0.3, 0.4) is 0 Å². The molecule has 4 nitrogen and oxygen atoms in total. The third kappa shape index (κ3) is 3.39. The minimum atomic E-state index is -0.510. The Kier molecular flexibility index (Phi) is 4.39. The van der Waals surface area contributed by atoms with Gasteiger partial charge in [0.25, 0.3) is 0 Å². The Morgan fingerprint density at radius 3 is 2.53 bits per heavy atom. The Labute approximate surface area is 104 Å². The minimum Gasteiger partial charge on any atom is -0.389 e. The maximum Gasteiger partial charge on any atom is 0.236 e.